The molecule has 1 aliphatic rings. The molecule has 0 aromatic heterocycles. The van der Waals surface area contributed by atoms with Crippen molar-refractivity contribution in [2.75, 3.05) is 31.1 Å². The molecule has 0 N–H and O–H groups in total. The minimum Gasteiger partial charge on any atom is -0.372 e. The Morgan fingerprint density at radius 1 is 1.07 bits per heavy atom. The van der Waals surface area contributed by atoms with Crippen LogP contribution < -0.4 is 4.90 Å². The van der Waals surface area contributed by atoms with Gasteiger partial charge in [-0.05, 0) is 55.3 Å². The monoisotopic (exact) mass is 415 g/mol. The summed E-state index contributed by atoms with van der Waals surface area (Å²) in [5, 5.41) is 9.89. The van der Waals surface area contributed by atoms with E-state index in [9.17, 15) is 13.7 Å². The highest BCUT2D eigenvalue weighted by atomic mass is 35.5. The number of nitriles is 1. The number of aryl methyl sites for hydroxylation is 1. The fraction of sp³-hybridized carbons (Fsp3) is 0.286. The van der Waals surface area contributed by atoms with Crippen molar-refractivity contribution in [2.24, 2.45) is 0 Å². The van der Waals surface area contributed by atoms with Crippen LogP contribution in [-0.2, 0) is 9.84 Å². The van der Waals surface area contributed by atoms with Crippen LogP contribution in [0.25, 0.3) is 0 Å². The Morgan fingerprint density at radius 2 is 1.71 bits per heavy atom. The number of benzene rings is 2. The standard InChI is InChI=1S/C21H22ClN3O2S/c1-16-4-3-5-21(17(16)2)25-12-10-24(11-13-25)15-20(14-23)28(26,27)19-8-6-18(22)7-9-19/h3-9,15H,10-13H2,1-2H3/b20-15-. The van der Waals surface area contributed by atoms with E-state index in [-0.39, 0.29) is 9.80 Å². The molecule has 2 aromatic rings. The van der Waals surface area contributed by atoms with Crippen LogP contribution in [0.4, 0.5) is 5.69 Å². The molecule has 0 saturated carbocycles. The maximum absolute atomic E-state index is 12.7. The zero-order valence-electron chi connectivity index (χ0n) is 15.9. The van der Waals surface area contributed by atoms with Gasteiger partial charge in [-0.2, -0.15) is 5.26 Å². The Kier molecular flexibility index (Phi) is 5.97. The number of nitrogens with zero attached hydrogens (tertiary/aromatic N) is 3. The van der Waals surface area contributed by atoms with E-state index in [1.165, 1.54) is 47.3 Å². The lowest BCUT2D eigenvalue weighted by Gasteiger charge is -2.36. The molecule has 0 amide bonds. The van der Waals surface area contributed by atoms with Crippen molar-refractivity contribution < 1.29 is 8.42 Å². The summed E-state index contributed by atoms with van der Waals surface area (Å²) in [5.41, 5.74) is 3.72. The first kappa shape index (κ1) is 20.2. The average molecular weight is 416 g/mol. The van der Waals surface area contributed by atoms with E-state index in [2.05, 4.69) is 36.9 Å². The van der Waals surface area contributed by atoms with Crippen molar-refractivity contribution >= 4 is 27.1 Å². The van der Waals surface area contributed by atoms with Gasteiger partial charge in [-0.3, -0.25) is 0 Å². The first-order valence-electron chi connectivity index (χ1n) is 9.00. The second-order valence-electron chi connectivity index (χ2n) is 6.80. The van der Waals surface area contributed by atoms with Crippen molar-refractivity contribution in [3.63, 3.8) is 0 Å². The topological polar surface area (TPSA) is 64.4 Å². The van der Waals surface area contributed by atoms with Gasteiger partial charge < -0.3 is 9.80 Å². The fourth-order valence-electron chi connectivity index (χ4n) is 3.23. The van der Waals surface area contributed by atoms with Crippen molar-refractivity contribution in [1.82, 2.24) is 4.90 Å². The zero-order chi connectivity index (χ0) is 20.3. The number of hydrogen-bond donors (Lipinski definition) is 0. The summed E-state index contributed by atoms with van der Waals surface area (Å²) in [4.78, 5) is 4.01. The van der Waals surface area contributed by atoms with Crippen molar-refractivity contribution in [3.05, 3.63) is 69.7 Å². The maximum Gasteiger partial charge on any atom is 0.218 e. The molecular weight excluding hydrogens is 394 g/mol. The highest BCUT2D eigenvalue weighted by Crippen LogP contribution is 2.25. The van der Waals surface area contributed by atoms with Crippen LogP contribution in [0, 0.1) is 25.2 Å². The van der Waals surface area contributed by atoms with Gasteiger partial charge in [-0.15, -0.1) is 0 Å². The number of halogens is 1. The molecule has 1 aliphatic heterocycles. The summed E-state index contributed by atoms with van der Waals surface area (Å²) in [6, 6.07) is 14.0. The molecule has 28 heavy (non-hydrogen) atoms. The van der Waals surface area contributed by atoms with Crippen molar-refractivity contribution in [1.29, 1.82) is 5.26 Å². The average Bonchev–Trinajstić information content (AvgIpc) is 2.69. The van der Waals surface area contributed by atoms with Crippen LogP contribution in [0.15, 0.2) is 58.5 Å². The van der Waals surface area contributed by atoms with E-state index in [0.717, 1.165) is 13.1 Å². The summed E-state index contributed by atoms with van der Waals surface area (Å²) in [6.07, 6.45) is 1.46. The Labute approximate surface area is 171 Å². The van der Waals surface area contributed by atoms with Gasteiger partial charge in [-0.25, -0.2) is 8.42 Å². The molecular formula is C21H22ClN3O2S. The molecule has 0 bridgehead atoms. The summed E-state index contributed by atoms with van der Waals surface area (Å²) < 4.78 is 25.5. The van der Waals surface area contributed by atoms with Crippen LogP contribution in [0.2, 0.25) is 5.02 Å². The highest BCUT2D eigenvalue weighted by Gasteiger charge is 2.24. The quantitative estimate of drug-likeness (QED) is 0.708. The largest absolute Gasteiger partial charge is 0.372 e. The fourth-order valence-corrected chi connectivity index (χ4v) is 4.52. The van der Waals surface area contributed by atoms with E-state index in [1.807, 2.05) is 11.0 Å². The minimum atomic E-state index is -3.86. The lowest BCUT2D eigenvalue weighted by Crippen LogP contribution is -2.44. The number of anilines is 1. The van der Waals surface area contributed by atoms with E-state index in [1.54, 1.807) is 0 Å². The Balaban J connectivity index is 1.76. The Bertz CT molecular complexity index is 1030. The lowest BCUT2D eigenvalue weighted by atomic mass is 10.1. The third kappa shape index (κ3) is 4.16. The molecule has 3 rings (SSSR count). The third-order valence-corrected chi connectivity index (χ3v) is 6.97. The van der Waals surface area contributed by atoms with Crippen LogP contribution in [0.1, 0.15) is 11.1 Å². The van der Waals surface area contributed by atoms with Crippen LogP contribution in [0.3, 0.4) is 0 Å². The normalized spacial score (nSPS) is 15.4. The SMILES string of the molecule is Cc1cccc(N2CCN(/C=C(/C#N)S(=O)(=O)c3ccc(Cl)cc3)CC2)c1C. The maximum atomic E-state index is 12.7. The Morgan fingerprint density at radius 3 is 2.32 bits per heavy atom. The van der Waals surface area contributed by atoms with E-state index < -0.39 is 9.84 Å². The number of allylic oxidation sites excluding steroid dienone is 1. The van der Waals surface area contributed by atoms with Crippen molar-refractivity contribution in [2.45, 2.75) is 18.7 Å². The van der Waals surface area contributed by atoms with Gasteiger partial charge >= 0.3 is 0 Å². The number of sulfone groups is 1. The zero-order valence-corrected chi connectivity index (χ0v) is 17.5. The van der Waals surface area contributed by atoms with E-state index in [0.29, 0.717) is 18.1 Å². The molecule has 2 aromatic carbocycles. The van der Waals surface area contributed by atoms with E-state index >= 15 is 0 Å². The molecule has 0 unspecified atom stereocenters. The summed E-state index contributed by atoms with van der Waals surface area (Å²) >= 11 is 5.83. The second kappa shape index (κ2) is 8.26. The molecule has 5 nitrogen and oxygen atoms in total. The first-order chi connectivity index (χ1) is 13.3. The van der Waals surface area contributed by atoms with Crippen LogP contribution in [-0.4, -0.2) is 39.5 Å². The van der Waals surface area contributed by atoms with Gasteiger partial charge in [-0.1, -0.05) is 23.7 Å². The van der Waals surface area contributed by atoms with Gasteiger partial charge in [0.2, 0.25) is 9.84 Å². The summed E-state index contributed by atoms with van der Waals surface area (Å²) in [5.74, 6) is 0. The molecule has 7 heteroatoms. The molecule has 1 saturated heterocycles. The summed E-state index contributed by atoms with van der Waals surface area (Å²) in [7, 11) is -3.86. The molecule has 146 valence electrons. The van der Waals surface area contributed by atoms with Gasteiger partial charge in [0.1, 0.15) is 6.07 Å². The number of piperazine rings is 1. The van der Waals surface area contributed by atoms with Crippen LogP contribution >= 0.6 is 11.6 Å². The van der Waals surface area contributed by atoms with Crippen LogP contribution in [0.5, 0.6) is 0 Å². The first-order valence-corrected chi connectivity index (χ1v) is 10.9. The minimum absolute atomic E-state index is 0.0683. The van der Waals surface area contributed by atoms with E-state index in [4.69, 9.17) is 11.6 Å². The third-order valence-electron chi connectivity index (χ3n) is 5.05. The predicted molar refractivity (Wildman–Crippen MR) is 112 cm³/mol. The summed E-state index contributed by atoms with van der Waals surface area (Å²) in [6.45, 7) is 7.03. The van der Waals surface area contributed by atoms with Gasteiger partial charge in [0.25, 0.3) is 0 Å². The second-order valence-corrected chi connectivity index (χ2v) is 9.16. The van der Waals surface area contributed by atoms with Gasteiger partial charge in [0.05, 0.1) is 4.90 Å². The number of rotatable bonds is 4. The Hall–Kier alpha value is -2.49. The molecule has 1 fully saturated rings. The molecule has 0 radical (unpaired) electrons. The molecule has 0 atom stereocenters. The van der Waals surface area contributed by atoms with Gasteiger partial charge in [0.15, 0.2) is 4.91 Å². The predicted octanol–water partition coefficient (Wildman–Crippen LogP) is 3.92. The highest BCUT2D eigenvalue weighted by molar-refractivity contribution is 7.95. The number of hydrogen-bond acceptors (Lipinski definition) is 5. The van der Waals surface area contributed by atoms with Crippen molar-refractivity contribution in [3.8, 4) is 6.07 Å². The molecule has 0 spiro atoms. The molecule has 0 aliphatic carbocycles. The lowest BCUT2D eigenvalue weighted by molar-refractivity contribution is 0.348. The smallest absolute Gasteiger partial charge is 0.218 e. The molecule has 1 heterocycles. The van der Waals surface area contributed by atoms with Gasteiger partial charge in [0, 0.05) is 43.1 Å².